The number of hydrogen-bond acceptors (Lipinski definition) is 6. The highest BCUT2D eigenvalue weighted by molar-refractivity contribution is 6.15. The first kappa shape index (κ1) is 23.3. The molecule has 0 unspecified atom stereocenters. The van der Waals surface area contributed by atoms with E-state index in [1.165, 1.54) is 6.20 Å². The Kier molecular flexibility index (Phi) is 7.41. The lowest BCUT2D eigenvalue weighted by Crippen LogP contribution is -2.40. The molecular weight excluding hydrogens is 430 g/mol. The summed E-state index contributed by atoms with van der Waals surface area (Å²) < 4.78 is 10.5. The van der Waals surface area contributed by atoms with Gasteiger partial charge in [-0.2, -0.15) is 0 Å². The van der Waals surface area contributed by atoms with Crippen LogP contribution in [0.5, 0.6) is 0 Å². The van der Waals surface area contributed by atoms with Crippen LogP contribution >= 0.6 is 0 Å². The first-order chi connectivity index (χ1) is 16.6. The molecule has 34 heavy (non-hydrogen) atoms. The summed E-state index contributed by atoms with van der Waals surface area (Å²) in [6, 6.07) is 15.3. The van der Waals surface area contributed by atoms with Gasteiger partial charge in [0.25, 0.3) is 5.91 Å². The Balaban J connectivity index is 1.48. The van der Waals surface area contributed by atoms with Crippen LogP contribution in [0.15, 0.2) is 90.0 Å². The van der Waals surface area contributed by atoms with E-state index in [0.29, 0.717) is 50.1 Å². The van der Waals surface area contributed by atoms with Gasteiger partial charge in [-0.25, -0.2) is 4.99 Å². The normalized spacial score (nSPS) is 18.0. The molecule has 2 aromatic rings. The van der Waals surface area contributed by atoms with Crippen LogP contribution in [0.1, 0.15) is 15.9 Å². The summed E-state index contributed by atoms with van der Waals surface area (Å²) in [5.74, 6) is 1.13. The molecule has 0 bridgehead atoms. The zero-order chi connectivity index (χ0) is 23.9. The van der Waals surface area contributed by atoms with E-state index >= 15 is 0 Å². The summed E-state index contributed by atoms with van der Waals surface area (Å²) in [4.78, 5) is 21.1. The number of amidine groups is 1. The number of morpholine rings is 1. The summed E-state index contributed by atoms with van der Waals surface area (Å²) in [6.07, 6.45) is 5.29. The quantitative estimate of drug-likeness (QED) is 0.659. The van der Waals surface area contributed by atoms with Crippen molar-refractivity contribution in [2.24, 2.45) is 10.7 Å². The highest BCUT2D eigenvalue weighted by Crippen LogP contribution is 2.25. The lowest BCUT2D eigenvalue weighted by Gasteiger charge is -2.27. The Morgan fingerprint density at radius 3 is 2.53 bits per heavy atom. The molecule has 1 fully saturated rings. The zero-order valence-electron chi connectivity index (χ0n) is 19.2. The van der Waals surface area contributed by atoms with Gasteiger partial charge in [-0.1, -0.05) is 18.7 Å². The molecule has 3 N–H and O–H groups in total. The van der Waals surface area contributed by atoms with Gasteiger partial charge in [0, 0.05) is 55.1 Å². The third-order valence-electron chi connectivity index (χ3n) is 5.55. The van der Waals surface area contributed by atoms with E-state index in [2.05, 4.69) is 16.9 Å². The van der Waals surface area contributed by atoms with E-state index in [1.807, 2.05) is 70.6 Å². The lowest BCUT2D eigenvalue weighted by atomic mass is 10.1. The maximum absolute atomic E-state index is 12.7. The van der Waals surface area contributed by atoms with Gasteiger partial charge in [-0.3, -0.25) is 4.79 Å². The van der Waals surface area contributed by atoms with Crippen molar-refractivity contribution in [2.45, 2.75) is 6.61 Å². The van der Waals surface area contributed by atoms with Crippen LogP contribution in [0.3, 0.4) is 0 Å². The minimum Gasteiger partial charge on any atom is -0.404 e. The molecule has 0 saturated carbocycles. The Bertz CT molecular complexity index is 1110. The molecule has 8 nitrogen and oxygen atoms in total. The minimum absolute atomic E-state index is 0.0114. The summed E-state index contributed by atoms with van der Waals surface area (Å²) in [7, 11) is 1.67. The van der Waals surface area contributed by atoms with E-state index < -0.39 is 0 Å². The van der Waals surface area contributed by atoms with Gasteiger partial charge in [0.2, 0.25) is 0 Å². The second-order valence-corrected chi connectivity index (χ2v) is 7.90. The number of carbonyl (C=O) groups excluding carboxylic acids is 1. The lowest BCUT2D eigenvalue weighted by molar-refractivity contribution is 0.0303. The summed E-state index contributed by atoms with van der Waals surface area (Å²) in [6.45, 7) is 6.99. The monoisotopic (exact) mass is 459 g/mol. The van der Waals surface area contributed by atoms with Crippen LogP contribution < -0.4 is 16.0 Å². The second-order valence-electron chi connectivity index (χ2n) is 7.90. The average Bonchev–Trinajstić information content (AvgIpc) is 3.28. The van der Waals surface area contributed by atoms with Gasteiger partial charge in [0.15, 0.2) is 0 Å². The molecule has 2 aliphatic rings. The first-order valence-electron chi connectivity index (χ1n) is 11.1. The second kappa shape index (κ2) is 10.8. The number of hydrogen-bond donors (Lipinski definition) is 2. The van der Waals surface area contributed by atoms with Crippen molar-refractivity contribution in [3.63, 3.8) is 0 Å². The Labute approximate surface area is 199 Å². The van der Waals surface area contributed by atoms with Crippen LogP contribution in [0.4, 0.5) is 11.4 Å². The maximum atomic E-state index is 12.7. The predicted octanol–water partition coefficient (Wildman–Crippen LogP) is 3.46. The van der Waals surface area contributed by atoms with Gasteiger partial charge < -0.3 is 30.3 Å². The van der Waals surface area contributed by atoms with Crippen molar-refractivity contribution in [2.75, 3.05) is 43.6 Å². The third-order valence-corrected chi connectivity index (χ3v) is 5.55. The van der Waals surface area contributed by atoms with Crippen molar-refractivity contribution in [1.29, 1.82) is 0 Å². The number of aliphatic imine (C=N–C) groups is 1. The first-order valence-corrected chi connectivity index (χ1v) is 11.1. The molecule has 0 radical (unpaired) electrons. The number of nitrogens with one attached hydrogen (secondary N) is 1. The van der Waals surface area contributed by atoms with Crippen LogP contribution in [-0.2, 0) is 16.1 Å². The standard InChI is InChI=1S/C26H29N5O3/c1-19(28-23-7-3-20(4-8-23)18-33-2)29-25-22(17-27)11-12-31(25)24-9-5-21(6-10-24)26(32)30-13-15-34-16-14-30/h3-12,17,28H,1,13-16,18,27H2,2H3/b22-17-,29-25+. The number of methoxy groups -OCH3 is 1. The topological polar surface area (TPSA) is 92.4 Å². The molecule has 0 spiro atoms. The van der Waals surface area contributed by atoms with Gasteiger partial charge >= 0.3 is 0 Å². The molecule has 0 aromatic heterocycles. The van der Waals surface area contributed by atoms with E-state index in [9.17, 15) is 4.79 Å². The summed E-state index contributed by atoms with van der Waals surface area (Å²) in [5, 5.41) is 3.21. The van der Waals surface area contributed by atoms with Crippen molar-refractivity contribution in [3.05, 3.63) is 96.1 Å². The summed E-state index contributed by atoms with van der Waals surface area (Å²) >= 11 is 0. The van der Waals surface area contributed by atoms with Gasteiger partial charge in [-0.15, -0.1) is 0 Å². The molecule has 4 rings (SSSR count). The zero-order valence-corrected chi connectivity index (χ0v) is 19.2. The molecule has 2 aliphatic heterocycles. The number of nitrogens with two attached hydrogens (primary N) is 1. The third kappa shape index (κ3) is 5.36. The maximum Gasteiger partial charge on any atom is 0.254 e. The summed E-state index contributed by atoms with van der Waals surface area (Å²) in [5.41, 5.74) is 10.1. The van der Waals surface area contributed by atoms with E-state index in [-0.39, 0.29) is 5.91 Å². The number of ether oxygens (including phenoxy) is 2. The fourth-order valence-electron chi connectivity index (χ4n) is 3.78. The van der Waals surface area contributed by atoms with Crippen LogP contribution in [0, 0.1) is 0 Å². The molecule has 1 saturated heterocycles. The SMILES string of the molecule is C=C(/N=C1\C(=C/N)C=CN1c1ccc(C(=O)N2CCOCC2)cc1)Nc1ccc(COC)cc1. The Morgan fingerprint density at radius 2 is 1.88 bits per heavy atom. The Hall–Kier alpha value is -3.88. The van der Waals surface area contributed by atoms with E-state index in [4.69, 9.17) is 15.2 Å². The fraction of sp³-hybridized carbons (Fsp3) is 0.231. The van der Waals surface area contributed by atoms with E-state index in [0.717, 1.165) is 22.5 Å². The average molecular weight is 460 g/mol. The van der Waals surface area contributed by atoms with Gasteiger partial charge in [0.05, 0.1) is 19.8 Å². The van der Waals surface area contributed by atoms with Crippen LogP contribution in [-0.4, -0.2) is 50.1 Å². The molecular formula is C26H29N5O3. The van der Waals surface area contributed by atoms with Gasteiger partial charge in [0.1, 0.15) is 11.7 Å². The Morgan fingerprint density at radius 1 is 1.18 bits per heavy atom. The number of nitrogens with zero attached hydrogens (tertiary/aromatic N) is 3. The smallest absolute Gasteiger partial charge is 0.254 e. The fourth-order valence-corrected chi connectivity index (χ4v) is 3.78. The molecule has 8 heteroatoms. The highest BCUT2D eigenvalue weighted by Gasteiger charge is 2.22. The molecule has 1 amide bonds. The largest absolute Gasteiger partial charge is 0.404 e. The molecule has 0 atom stereocenters. The van der Waals surface area contributed by atoms with Crippen molar-refractivity contribution in [1.82, 2.24) is 4.90 Å². The number of rotatable bonds is 7. The molecule has 0 aliphatic carbocycles. The predicted molar refractivity (Wildman–Crippen MR) is 134 cm³/mol. The number of carbonyl (C=O) groups is 1. The van der Waals surface area contributed by atoms with Gasteiger partial charge in [-0.05, 0) is 48.0 Å². The molecule has 2 heterocycles. The van der Waals surface area contributed by atoms with Crippen molar-refractivity contribution < 1.29 is 14.3 Å². The number of benzene rings is 2. The number of amides is 1. The van der Waals surface area contributed by atoms with Crippen LogP contribution in [0.2, 0.25) is 0 Å². The highest BCUT2D eigenvalue weighted by atomic mass is 16.5. The van der Waals surface area contributed by atoms with Crippen molar-refractivity contribution in [3.8, 4) is 0 Å². The molecule has 176 valence electrons. The number of anilines is 2. The van der Waals surface area contributed by atoms with Crippen LogP contribution in [0.25, 0.3) is 0 Å². The van der Waals surface area contributed by atoms with Crippen molar-refractivity contribution >= 4 is 23.1 Å². The minimum atomic E-state index is 0.0114. The molecule has 2 aromatic carbocycles. The van der Waals surface area contributed by atoms with E-state index in [1.54, 1.807) is 7.11 Å².